The molecule has 1 aromatic carbocycles. The zero-order valence-corrected chi connectivity index (χ0v) is 11.7. The lowest BCUT2D eigenvalue weighted by Gasteiger charge is -2.27. The fraction of sp³-hybridized carbons (Fsp3) is 0.500. The maximum atomic E-state index is 13.6. The quantitative estimate of drug-likeness (QED) is 0.893. The monoisotopic (exact) mass is 283 g/mol. The summed E-state index contributed by atoms with van der Waals surface area (Å²) in [6.45, 7) is 0.515. The largest absolute Gasteiger partial charge is 0.507 e. The van der Waals surface area contributed by atoms with E-state index in [0.717, 1.165) is 12.8 Å². The highest BCUT2D eigenvalue weighted by molar-refractivity contribution is 8.00. The standard InChI is InChI=1S/C14H18FNO2S/c1-19-14(7-2-3-8-14)9-16-13(18)12-10(15)5-4-6-11(12)17/h4-6,17H,2-3,7-9H2,1H3,(H,16,18). The minimum atomic E-state index is -0.692. The number of nitrogens with one attached hydrogen (secondary N) is 1. The second-order valence-corrected chi connectivity index (χ2v) is 6.19. The van der Waals surface area contributed by atoms with Crippen LogP contribution in [-0.4, -0.2) is 28.6 Å². The molecule has 104 valence electrons. The topological polar surface area (TPSA) is 49.3 Å². The summed E-state index contributed by atoms with van der Waals surface area (Å²) in [5.74, 6) is -1.56. The van der Waals surface area contributed by atoms with Crippen LogP contribution in [0.2, 0.25) is 0 Å². The molecule has 0 heterocycles. The Balaban J connectivity index is 2.05. The van der Waals surface area contributed by atoms with Crippen LogP contribution >= 0.6 is 11.8 Å². The van der Waals surface area contributed by atoms with Gasteiger partial charge in [-0.15, -0.1) is 0 Å². The second-order valence-electron chi connectivity index (χ2n) is 4.91. The number of hydrogen-bond donors (Lipinski definition) is 2. The summed E-state index contributed by atoms with van der Waals surface area (Å²) in [4.78, 5) is 12.0. The third-order valence-corrected chi connectivity index (χ3v) is 5.16. The summed E-state index contributed by atoms with van der Waals surface area (Å²) in [6, 6.07) is 3.87. The number of benzene rings is 1. The first-order valence-electron chi connectivity index (χ1n) is 6.39. The van der Waals surface area contributed by atoms with Crippen molar-refractivity contribution in [1.29, 1.82) is 0 Å². The molecule has 1 aliphatic carbocycles. The Morgan fingerprint density at radius 3 is 2.74 bits per heavy atom. The first kappa shape index (κ1) is 14.2. The van der Waals surface area contributed by atoms with E-state index in [1.165, 1.54) is 31.0 Å². The molecule has 1 aliphatic rings. The number of thioether (sulfide) groups is 1. The zero-order chi connectivity index (χ0) is 13.9. The van der Waals surface area contributed by atoms with Gasteiger partial charge in [-0.2, -0.15) is 11.8 Å². The van der Waals surface area contributed by atoms with Gasteiger partial charge in [-0.25, -0.2) is 4.39 Å². The molecule has 0 saturated heterocycles. The number of aromatic hydroxyl groups is 1. The Labute approximate surface area is 116 Å². The predicted octanol–water partition coefficient (Wildman–Crippen LogP) is 2.94. The van der Waals surface area contributed by atoms with Crippen LogP contribution in [0.5, 0.6) is 5.75 Å². The molecule has 0 aliphatic heterocycles. The summed E-state index contributed by atoms with van der Waals surface area (Å²) in [5.41, 5.74) is -0.267. The van der Waals surface area contributed by atoms with Gasteiger partial charge in [-0.1, -0.05) is 18.9 Å². The molecule has 0 spiro atoms. The van der Waals surface area contributed by atoms with Crippen molar-refractivity contribution in [1.82, 2.24) is 5.32 Å². The lowest BCUT2D eigenvalue weighted by atomic mass is 10.1. The van der Waals surface area contributed by atoms with E-state index in [1.54, 1.807) is 11.8 Å². The van der Waals surface area contributed by atoms with Crippen molar-refractivity contribution in [3.05, 3.63) is 29.6 Å². The Bertz CT molecular complexity index is 452. The summed E-state index contributed by atoms with van der Waals surface area (Å²) >= 11 is 1.75. The van der Waals surface area contributed by atoms with Crippen molar-refractivity contribution in [2.75, 3.05) is 12.8 Å². The second kappa shape index (κ2) is 5.82. The molecule has 3 nitrogen and oxygen atoms in total. The van der Waals surface area contributed by atoms with Crippen molar-refractivity contribution in [3.63, 3.8) is 0 Å². The summed E-state index contributed by atoms with van der Waals surface area (Å²) < 4.78 is 13.6. The van der Waals surface area contributed by atoms with Gasteiger partial charge in [0.2, 0.25) is 0 Å². The molecule has 0 bridgehead atoms. The molecule has 19 heavy (non-hydrogen) atoms. The molecule has 0 aromatic heterocycles. The molecule has 1 amide bonds. The average Bonchev–Trinajstić information content (AvgIpc) is 2.86. The Kier molecular flexibility index (Phi) is 4.34. The van der Waals surface area contributed by atoms with Gasteiger partial charge in [0, 0.05) is 11.3 Å². The smallest absolute Gasteiger partial charge is 0.258 e. The van der Waals surface area contributed by atoms with Crippen LogP contribution < -0.4 is 5.32 Å². The van der Waals surface area contributed by atoms with Gasteiger partial charge in [0.1, 0.15) is 17.1 Å². The molecular formula is C14H18FNO2S. The van der Waals surface area contributed by atoms with Crippen LogP contribution in [0.25, 0.3) is 0 Å². The normalized spacial score (nSPS) is 17.4. The first-order chi connectivity index (χ1) is 9.08. The van der Waals surface area contributed by atoms with Crippen molar-refractivity contribution in [2.24, 2.45) is 0 Å². The average molecular weight is 283 g/mol. The van der Waals surface area contributed by atoms with Crippen LogP contribution in [-0.2, 0) is 0 Å². The zero-order valence-electron chi connectivity index (χ0n) is 10.9. The number of carbonyl (C=O) groups is 1. The highest BCUT2D eigenvalue weighted by atomic mass is 32.2. The first-order valence-corrected chi connectivity index (χ1v) is 7.61. The minimum Gasteiger partial charge on any atom is -0.507 e. The Morgan fingerprint density at radius 2 is 2.16 bits per heavy atom. The lowest BCUT2D eigenvalue weighted by molar-refractivity contribution is 0.0942. The lowest BCUT2D eigenvalue weighted by Crippen LogP contribution is -2.38. The van der Waals surface area contributed by atoms with E-state index in [0.29, 0.717) is 6.54 Å². The number of amides is 1. The van der Waals surface area contributed by atoms with Crippen LogP contribution in [0.4, 0.5) is 4.39 Å². The van der Waals surface area contributed by atoms with Crippen molar-refractivity contribution >= 4 is 17.7 Å². The molecule has 2 rings (SSSR count). The van der Waals surface area contributed by atoms with Crippen LogP contribution in [0.3, 0.4) is 0 Å². The summed E-state index contributed by atoms with van der Waals surface area (Å²) in [7, 11) is 0. The van der Waals surface area contributed by atoms with Crippen molar-refractivity contribution in [2.45, 2.75) is 30.4 Å². The van der Waals surface area contributed by atoms with Crippen molar-refractivity contribution in [3.8, 4) is 5.75 Å². The molecule has 0 unspecified atom stereocenters. The van der Waals surface area contributed by atoms with E-state index in [2.05, 4.69) is 5.32 Å². The predicted molar refractivity (Wildman–Crippen MR) is 75.1 cm³/mol. The van der Waals surface area contributed by atoms with Crippen LogP contribution in [0.15, 0.2) is 18.2 Å². The third kappa shape index (κ3) is 3.03. The fourth-order valence-electron chi connectivity index (χ4n) is 2.54. The molecule has 1 aromatic rings. The molecule has 2 N–H and O–H groups in total. The minimum absolute atomic E-state index is 0.0660. The molecule has 1 saturated carbocycles. The number of carbonyl (C=O) groups excluding carboxylic acids is 1. The van der Waals surface area contributed by atoms with E-state index in [4.69, 9.17) is 0 Å². The van der Waals surface area contributed by atoms with Gasteiger partial charge in [-0.05, 0) is 31.2 Å². The molecular weight excluding hydrogens is 265 g/mol. The third-order valence-electron chi connectivity index (χ3n) is 3.74. The van der Waals surface area contributed by atoms with Gasteiger partial charge in [0.05, 0.1) is 0 Å². The van der Waals surface area contributed by atoms with Crippen LogP contribution in [0, 0.1) is 5.82 Å². The maximum absolute atomic E-state index is 13.6. The van der Waals surface area contributed by atoms with Gasteiger partial charge < -0.3 is 10.4 Å². The SMILES string of the molecule is CSC1(CNC(=O)c2c(O)cccc2F)CCCC1. The van der Waals surface area contributed by atoms with E-state index in [9.17, 15) is 14.3 Å². The van der Waals surface area contributed by atoms with Gasteiger partial charge in [0.25, 0.3) is 5.91 Å². The van der Waals surface area contributed by atoms with E-state index < -0.39 is 11.7 Å². The number of phenols is 1. The molecule has 0 atom stereocenters. The Hall–Kier alpha value is -1.23. The number of hydrogen-bond acceptors (Lipinski definition) is 3. The Morgan fingerprint density at radius 1 is 1.47 bits per heavy atom. The highest BCUT2D eigenvalue weighted by Gasteiger charge is 2.33. The van der Waals surface area contributed by atoms with E-state index >= 15 is 0 Å². The van der Waals surface area contributed by atoms with Gasteiger partial charge in [-0.3, -0.25) is 4.79 Å². The van der Waals surface area contributed by atoms with E-state index in [1.807, 2.05) is 6.26 Å². The van der Waals surface area contributed by atoms with Crippen molar-refractivity contribution < 1.29 is 14.3 Å². The fourth-order valence-corrected chi connectivity index (χ4v) is 3.45. The summed E-state index contributed by atoms with van der Waals surface area (Å²) in [5, 5.41) is 12.3. The molecule has 0 radical (unpaired) electrons. The maximum Gasteiger partial charge on any atom is 0.258 e. The number of rotatable bonds is 4. The number of halogens is 1. The molecule has 5 heteroatoms. The highest BCUT2D eigenvalue weighted by Crippen LogP contribution is 2.39. The van der Waals surface area contributed by atoms with Crippen LogP contribution in [0.1, 0.15) is 36.0 Å². The molecule has 1 fully saturated rings. The van der Waals surface area contributed by atoms with Gasteiger partial charge in [0.15, 0.2) is 0 Å². The number of phenolic OH excluding ortho intramolecular Hbond substituents is 1. The van der Waals surface area contributed by atoms with E-state index in [-0.39, 0.29) is 16.1 Å². The van der Waals surface area contributed by atoms with Gasteiger partial charge >= 0.3 is 0 Å². The summed E-state index contributed by atoms with van der Waals surface area (Å²) in [6.07, 6.45) is 6.51.